The summed E-state index contributed by atoms with van der Waals surface area (Å²) in [5, 5.41) is 3.67. The van der Waals surface area contributed by atoms with Gasteiger partial charge in [-0.05, 0) is 57.8 Å². The van der Waals surface area contributed by atoms with Crippen LogP contribution in [0.15, 0.2) is 18.3 Å². The molecule has 0 aliphatic carbocycles. The lowest BCUT2D eigenvalue weighted by Gasteiger charge is -2.39. The highest BCUT2D eigenvalue weighted by Gasteiger charge is 2.27. The van der Waals surface area contributed by atoms with Crippen LogP contribution in [-0.4, -0.2) is 35.1 Å². The second-order valence-electron chi connectivity index (χ2n) is 6.04. The lowest BCUT2D eigenvalue weighted by Crippen LogP contribution is -2.50. The minimum atomic E-state index is 0.569. The molecular formula is C17H29N3. The van der Waals surface area contributed by atoms with Crippen molar-refractivity contribution in [2.24, 2.45) is 0 Å². The standard InChI is InChI=1S/C17H29N3/c1-4-10-18-15(3)17-9-5-6-12-20(17)13-16-14(2)8-7-11-19-16/h7-8,11,15,17-18H,4-6,9-10,12-13H2,1-3H3. The summed E-state index contributed by atoms with van der Waals surface area (Å²) in [7, 11) is 0. The zero-order chi connectivity index (χ0) is 14.4. The van der Waals surface area contributed by atoms with Crippen LogP contribution < -0.4 is 5.32 Å². The Bertz CT molecular complexity index is 405. The third kappa shape index (κ3) is 4.03. The average molecular weight is 275 g/mol. The predicted octanol–water partition coefficient (Wildman–Crippen LogP) is 3.13. The number of hydrogen-bond acceptors (Lipinski definition) is 3. The number of pyridine rings is 1. The molecule has 1 N–H and O–H groups in total. The second-order valence-corrected chi connectivity index (χ2v) is 6.04. The van der Waals surface area contributed by atoms with Crippen LogP contribution in [0.25, 0.3) is 0 Å². The molecule has 1 aliphatic heterocycles. The van der Waals surface area contributed by atoms with Gasteiger partial charge in [0.25, 0.3) is 0 Å². The summed E-state index contributed by atoms with van der Waals surface area (Å²) in [6, 6.07) is 5.41. The molecule has 2 rings (SSSR count). The lowest BCUT2D eigenvalue weighted by atomic mass is 9.96. The summed E-state index contributed by atoms with van der Waals surface area (Å²) in [5.74, 6) is 0. The zero-order valence-corrected chi connectivity index (χ0v) is 13.2. The van der Waals surface area contributed by atoms with Crippen molar-refractivity contribution in [1.29, 1.82) is 0 Å². The smallest absolute Gasteiger partial charge is 0.0573 e. The molecule has 0 aromatic carbocycles. The molecule has 0 spiro atoms. The van der Waals surface area contributed by atoms with Crippen molar-refractivity contribution in [3.63, 3.8) is 0 Å². The Hall–Kier alpha value is -0.930. The van der Waals surface area contributed by atoms with Gasteiger partial charge in [-0.25, -0.2) is 0 Å². The highest BCUT2D eigenvalue weighted by Crippen LogP contribution is 2.22. The molecule has 0 saturated carbocycles. The van der Waals surface area contributed by atoms with E-state index in [9.17, 15) is 0 Å². The van der Waals surface area contributed by atoms with Crippen LogP contribution >= 0.6 is 0 Å². The van der Waals surface area contributed by atoms with Crippen molar-refractivity contribution in [3.05, 3.63) is 29.6 Å². The Morgan fingerprint density at radius 3 is 3.05 bits per heavy atom. The lowest BCUT2D eigenvalue weighted by molar-refractivity contribution is 0.110. The van der Waals surface area contributed by atoms with E-state index in [-0.39, 0.29) is 0 Å². The second kappa shape index (κ2) is 7.75. The zero-order valence-electron chi connectivity index (χ0n) is 13.2. The number of rotatable bonds is 6. The van der Waals surface area contributed by atoms with Crippen LogP contribution in [0.3, 0.4) is 0 Å². The fraction of sp³-hybridized carbons (Fsp3) is 0.706. The molecule has 1 fully saturated rings. The van der Waals surface area contributed by atoms with Gasteiger partial charge in [0.15, 0.2) is 0 Å². The van der Waals surface area contributed by atoms with E-state index in [0.717, 1.165) is 13.1 Å². The summed E-state index contributed by atoms with van der Waals surface area (Å²) >= 11 is 0. The van der Waals surface area contributed by atoms with Crippen molar-refractivity contribution in [2.45, 2.75) is 65.1 Å². The molecule has 3 heteroatoms. The van der Waals surface area contributed by atoms with E-state index < -0.39 is 0 Å². The Labute approximate surface area is 123 Å². The summed E-state index contributed by atoms with van der Waals surface area (Å²) in [4.78, 5) is 7.20. The van der Waals surface area contributed by atoms with Gasteiger partial charge in [-0.2, -0.15) is 0 Å². The van der Waals surface area contributed by atoms with Gasteiger partial charge in [0.1, 0.15) is 0 Å². The van der Waals surface area contributed by atoms with E-state index in [1.165, 1.54) is 43.5 Å². The van der Waals surface area contributed by atoms with Gasteiger partial charge in [-0.1, -0.05) is 19.4 Å². The quantitative estimate of drug-likeness (QED) is 0.864. The summed E-state index contributed by atoms with van der Waals surface area (Å²) < 4.78 is 0. The maximum absolute atomic E-state index is 4.57. The highest BCUT2D eigenvalue weighted by atomic mass is 15.2. The molecule has 0 amide bonds. The number of piperidine rings is 1. The SMILES string of the molecule is CCCNC(C)C1CCCCN1Cc1ncccc1C. The fourth-order valence-corrected chi connectivity index (χ4v) is 3.16. The Kier molecular flexibility index (Phi) is 5.99. The molecule has 2 atom stereocenters. The Balaban J connectivity index is 2.01. The van der Waals surface area contributed by atoms with E-state index in [4.69, 9.17) is 0 Å². The molecule has 3 nitrogen and oxygen atoms in total. The van der Waals surface area contributed by atoms with Crippen molar-refractivity contribution < 1.29 is 0 Å². The summed E-state index contributed by atoms with van der Waals surface area (Å²) in [5.41, 5.74) is 2.55. The Morgan fingerprint density at radius 2 is 2.30 bits per heavy atom. The van der Waals surface area contributed by atoms with Gasteiger partial charge in [-0.15, -0.1) is 0 Å². The van der Waals surface area contributed by atoms with E-state index >= 15 is 0 Å². The third-order valence-electron chi connectivity index (χ3n) is 4.43. The average Bonchev–Trinajstić information content (AvgIpc) is 2.48. The number of nitrogens with one attached hydrogen (secondary N) is 1. The van der Waals surface area contributed by atoms with E-state index in [2.05, 4.69) is 42.0 Å². The number of aryl methyl sites for hydroxylation is 1. The number of hydrogen-bond donors (Lipinski definition) is 1. The maximum atomic E-state index is 4.57. The van der Waals surface area contributed by atoms with Crippen molar-refractivity contribution in [2.75, 3.05) is 13.1 Å². The first kappa shape index (κ1) is 15.5. The Morgan fingerprint density at radius 1 is 1.45 bits per heavy atom. The van der Waals surface area contributed by atoms with E-state index in [1.54, 1.807) is 0 Å². The van der Waals surface area contributed by atoms with Gasteiger partial charge in [0.05, 0.1) is 5.69 Å². The molecule has 2 unspecified atom stereocenters. The molecule has 2 heterocycles. The minimum absolute atomic E-state index is 0.569. The van der Waals surface area contributed by atoms with Crippen molar-refractivity contribution in [3.8, 4) is 0 Å². The molecule has 1 saturated heterocycles. The first-order valence-electron chi connectivity index (χ1n) is 8.10. The van der Waals surface area contributed by atoms with E-state index in [0.29, 0.717) is 12.1 Å². The van der Waals surface area contributed by atoms with Crippen LogP contribution in [0.4, 0.5) is 0 Å². The molecule has 1 aromatic rings. The first-order chi connectivity index (χ1) is 9.72. The molecule has 112 valence electrons. The van der Waals surface area contributed by atoms with Crippen LogP contribution in [0.5, 0.6) is 0 Å². The topological polar surface area (TPSA) is 28.2 Å². The highest BCUT2D eigenvalue weighted by molar-refractivity contribution is 5.17. The van der Waals surface area contributed by atoms with Crippen molar-refractivity contribution >= 4 is 0 Å². The summed E-state index contributed by atoms with van der Waals surface area (Å²) in [6.45, 7) is 10.1. The molecule has 20 heavy (non-hydrogen) atoms. The maximum Gasteiger partial charge on any atom is 0.0573 e. The largest absolute Gasteiger partial charge is 0.313 e. The van der Waals surface area contributed by atoms with Crippen LogP contribution in [0, 0.1) is 6.92 Å². The molecule has 1 aromatic heterocycles. The van der Waals surface area contributed by atoms with Crippen LogP contribution in [0.2, 0.25) is 0 Å². The van der Waals surface area contributed by atoms with Crippen LogP contribution in [0.1, 0.15) is 50.8 Å². The number of nitrogens with zero attached hydrogens (tertiary/aromatic N) is 2. The van der Waals surface area contributed by atoms with Gasteiger partial charge in [0, 0.05) is 24.8 Å². The van der Waals surface area contributed by atoms with Gasteiger partial charge < -0.3 is 5.32 Å². The summed E-state index contributed by atoms with van der Waals surface area (Å²) in [6.07, 6.45) is 7.11. The van der Waals surface area contributed by atoms with Crippen LogP contribution in [-0.2, 0) is 6.54 Å². The third-order valence-corrected chi connectivity index (χ3v) is 4.43. The minimum Gasteiger partial charge on any atom is -0.313 e. The fourth-order valence-electron chi connectivity index (χ4n) is 3.16. The monoisotopic (exact) mass is 275 g/mol. The van der Waals surface area contributed by atoms with Gasteiger partial charge >= 0.3 is 0 Å². The molecule has 1 aliphatic rings. The van der Waals surface area contributed by atoms with Crippen molar-refractivity contribution in [1.82, 2.24) is 15.2 Å². The van der Waals surface area contributed by atoms with E-state index in [1.807, 2.05) is 12.3 Å². The van der Waals surface area contributed by atoms with Gasteiger partial charge in [-0.3, -0.25) is 9.88 Å². The van der Waals surface area contributed by atoms with Gasteiger partial charge in [0.2, 0.25) is 0 Å². The molecule has 0 bridgehead atoms. The molecule has 0 radical (unpaired) electrons. The number of likely N-dealkylation sites (tertiary alicyclic amines) is 1. The predicted molar refractivity (Wildman–Crippen MR) is 84.8 cm³/mol. The molecular weight excluding hydrogens is 246 g/mol. The first-order valence-corrected chi connectivity index (χ1v) is 8.10. The normalized spacial score (nSPS) is 21.9. The number of aromatic nitrogens is 1.